The van der Waals surface area contributed by atoms with Crippen LogP contribution >= 0.6 is 38.9 Å². The van der Waals surface area contributed by atoms with Gasteiger partial charge in [0.2, 0.25) is 10.0 Å². The number of benzene rings is 3. The molecule has 0 atom stereocenters. The molecule has 4 rings (SSSR count). The number of rotatable bonds is 5. The molecular weight excluding hydrogens is 514 g/mol. The van der Waals surface area contributed by atoms with Gasteiger partial charge in [0, 0.05) is 19.6 Å². The van der Waals surface area contributed by atoms with Crippen LogP contribution in [0.15, 0.2) is 76.6 Å². The zero-order chi connectivity index (χ0) is 22.4. The van der Waals surface area contributed by atoms with Crippen molar-refractivity contribution in [1.29, 1.82) is 0 Å². The number of thiophene rings is 1. The average molecular weight is 535 g/mol. The van der Waals surface area contributed by atoms with Gasteiger partial charge in [0.25, 0.3) is 0 Å². The highest BCUT2D eigenvalue weighted by Gasteiger charge is 2.27. The van der Waals surface area contributed by atoms with Crippen molar-refractivity contribution in [2.45, 2.75) is 19.3 Å². The molecule has 0 radical (unpaired) electrons. The monoisotopic (exact) mass is 533 g/mol. The van der Waals surface area contributed by atoms with Crippen molar-refractivity contribution < 1.29 is 8.42 Å². The standard InChI is InChI=1S/C24H21BrClNO2S2/c1-24(2,17-4-6-19(25)7-5-17)18-13-20(26)15-22(14-18)27(31(3,28)29)21-8-9-23-16(12-21)10-11-30-23/h4-15H,1-3H3. The van der Waals surface area contributed by atoms with Crippen molar-refractivity contribution in [2.75, 3.05) is 10.6 Å². The summed E-state index contributed by atoms with van der Waals surface area (Å²) in [6.45, 7) is 4.21. The molecule has 1 heterocycles. The van der Waals surface area contributed by atoms with Crippen LogP contribution in [0.5, 0.6) is 0 Å². The van der Waals surface area contributed by atoms with Crippen LogP contribution in [0.2, 0.25) is 5.02 Å². The van der Waals surface area contributed by atoms with Crippen LogP contribution in [-0.2, 0) is 15.4 Å². The Morgan fingerprint density at radius 3 is 2.29 bits per heavy atom. The van der Waals surface area contributed by atoms with Gasteiger partial charge in [0.05, 0.1) is 17.6 Å². The zero-order valence-electron chi connectivity index (χ0n) is 17.3. The maximum atomic E-state index is 12.9. The molecule has 3 aromatic carbocycles. The van der Waals surface area contributed by atoms with Crippen molar-refractivity contribution >= 4 is 70.4 Å². The van der Waals surface area contributed by atoms with E-state index in [0.717, 1.165) is 25.7 Å². The third kappa shape index (κ3) is 4.53. The average Bonchev–Trinajstić information content (AvgIpc) is 3.15. The van der Waals surface area contributed by atoms with Crippen LogP contribution < -0.4 is 4.31 Å². The minimum Gasteiger partial charge on any atom is -0.239 e. The van der Waals surface area contributed by atoms with Crippen LogP contribution in [0.4, 0.5) is 11.4 Å². The van der Waals surface area contributed by atoms with Crippen molar-refractivity contribution in [3.8, 4) is 0 Å². The predicted molar refractivity (Wildman–Crippen MR) is 137 cm³/mol. The minimum atomic E-state index is -3.60. The molecule has 160 valence electrons. The first kappa shape index (κ1) is 22.3. The highest BCUT2D eigenvalue weighted by atomic mass is 79.9. The van der Waals surface area contributed by atoms with Gasteiger partial charge in [-0.1, -0.05) is 53.5 Å². The summed E-state index contributed by atoms with van der Waals surface area (Å²) in [4.78, 5) is 0. The van der Waals surface area contributed by atoms with Crippen molar-refractivity contribution in [1.82, 2.24) is 0 Å². The quantitative estimate of drug-likeness (QED) is 0.263. The number of fused-ring (bicyclic) bond motifs is 1. The molecule has 0 saturated carbocycles. The first-order chi connectivity index (χ1) is 14.6. The topological polar surface area (TPSA) is 37.4 Å². The summed E-state index contributed by atoms with van der Waals surface area (Å²) in [5, 5.41) is 3.49. The fraction of sp³-hybridized carbons (Fsp3) is 0.167. The van der Waals surface area contributed by atoms with Gasteiger partial charge in [-0.2, -0.15) is 0 Å². The van der Waals surface area contributed by atoms with E-state index in [1.165, 1.54) is 10.6 Å². The molecule has 31 heavy (non-hydrogen) atoms. The smallest absolute Gasteiger partial charge is 0.236 e. The maximum Gasteiger partial charge on any atom is 0.236 e. The fourth-order valence-corrected chi connectivity index (χ4v) is 5.95. The van der Waals surface area contributed by atoms with E-state index in [2.05, 4.69) is 41.9 Å². The van der Waals surface area contributed by atoms with Gasteiger partial charge in [0.1, 0.15) is 0 Å². The molecule has 4 aromatic rings. The highest BCUT2D eigenvalue weighted by Crippen LogP contribution is 2.39. The molecule has 0 bridgehead atoms. The number of nitrogens with zero attached hydrogens (tertiary/aromatic N) is 1. The third-order valence-corrected chi connectivity index (χ3v) is 8.14. The van der Waals surface area contributed by atoms with Gasteiger partial charge >= 0.3 is 0 Å². The number of sulfonamides is 1. The normalized spacial score (nSPS) is 12.3. The molecule has 0 saturated heterocycles. The lowest BCUT2D eigenvalue weighted by Gasteiger charge is -2.29. The molecule has 7 heteroatoms. The molecule has 3 nitrogen and oxygen atoms in total. The fourth-order valence-electron chi connectivity index (χ4n) is 3.70. The van der Waals surface area contributed by atoms with E-state index in [4.69, 9.17) is 11.6 Å². The number of anilines is 2. The molecule has 0 aliphatic carbocycles. The lowest BCUT2D eigenvalue weighted by atomic mass is 9.78. The number of hydrogen-bond donors (Lipinski definition) is 0. The van der Waals surface area contributed by atoms with Gasteiger partial charge in [-0.3, -0.25) is 0 Å². The number of halogens is 2. The lowest BCUT2D eigenvalue weighted by Crippen LogP contribution is -2.26. The zero-order valence-corrected chi connectivity index (χ0v) is 21.2. The van der Waals surface area contributed by atoms with E-state index in [1.807, 2.05) is 53.9 Å². The van der Waals surface area contributed by atoms with E-state index < -0.39 is 10.0 Å². The Morgan fingerprint density at radius 2 is 1.61 bits per heavy atom. The van der Waals surface area contributed by atoms with Gasteiger partial charge < -0.3 is 0 Å². The Morgan fingerprint density at radius 1 is 0.903 bits per heavy atom. The largest absolute Gasteiger partial charge is 0.239 e. The first-order valence-corrected chi connectivity index (χ1v) is 13.5. The maximum absolute atomic E-state index is 12.9. The molecular formula is C24H21BrClNO2S2. The Kier molecular flexibility index (Phi) is 5.94. The van der Waals surface area contributed by atoms with Gasteiger partial charge in [-0.25, -0.2) is 12.7 Å². The summed E-state index contributed by atoms with van der Waals surface area (Å²) >= 11 is 11.6. The predicted octanol–water partition coefficient (Wildman–Crippen LogP) is 7.74. The van der Waals surface area contributed by atoms with E-state index in [0.29, 0.717) is 16.4 Å². The van der Waals surface area contributed by atoms with E-state index >= 15 is 0 Å². The van der Waals surface area contributed by atoms with Gasteiger partial charge in [0.15, 0.2) is 0 Å². The molecule has 0 aliphatic rings. The summed E-state index contributed by atoms with van der Waals surface area (Å²) in [6.07, 6.45) is 1.21. The highest BCUT2D eigenvalue weighted by molar-refractivity contribution is 9.10. The van der Waals surface area contributed by atoms with Crippen molar-refractivity contribution in [3.05, 3.63) is 92.7 Å². The number of hydrogen-bond acceptors (Lipinski definition) is 3. The van der Waals surface area contributed by atoms with Crippen molar-refractivity contribution in [3.63, 3.8) is 0 Å². The van der Waals surface area contributed by atoms with Crippen LogP contribution in [-0.4, -0.2) is 14.7 Å². The second-order valence-corrected chi connectivity index (χ2v) is 12.1. The molecule has 0 unspecified atom stereocenters. The summed E-state index contributed by atoms with van der Waals surface area (Å²) in [6, 6.07) is 21.3. The Bertz CT molecular complexity index is 1360. The van der Waals surface area contributed by atoms with Crippen LogP contribution in [0.3, 0.4) is 0 Å². The summed E-state index contributed by atoms with van der Waals surface area (Å²) in [5.41, 5.74) is 2.77. The van der Waals surface area contributed by atoms with Crippen molar-refractivity contribution in [2.24, 2.45) is 0 Å². The van der Waals surface area contributed by atoms with E-state index in [9.17, 15) is 8.42 Å². The molecule has 1 aromatic heterocycles. The summed E-state index contributed by atoms with van der Waals surface area (Å²) < 4.78 is 29.2. The molecule has 0 amide bonds. The molecule has 0 N–H and O–H groups in total. The third-order valence-electron chi connectivity index (χ3n) is 5.41. The molecule has 0 fully saturated rings. The Labute approximate surface area is 200 Å². The van der Waals surface area contributed by atoms with E-state index in [-0.39, 0.29) is 5.41 Å². The second kappa shape index (κ2) is 8.24. The van der Waals surface area contributed by atoms with Crippen LogP contribution in [0, 0.1) is 0 Å². The lowest BCUT2D eigenvalue weighted by molar-refractivity contribution is 0.601. The summed E-state index contributed by atoms with van der Waals surface area (Å²) in [7, 11) is -3.60. The van der Waals surface area contributed by atoms with E-state index in [1.54, 1.807) is 17.4 Å². The van der Waals surface area contributed by atoms with Crippen LogP contribution in [0.1, 0.15) is 25.0 Å². The van der Waals surface area contributed by atoms with Gasteiger partial charge in [-0.15, -0.1) is 11.3 Å². The Hall–Kier alpha value is -1.86. The molecule has 0 aliphatic heterocycles. The van der Waals surface area contributed by atoms with Crippen LogP contribution in [0.25, 0.3) is 10.1 Å². The Balaban J connectivity index is 1.87. The SMILES string of the molecule is CC(C)(c1ccc(Br)cc1)c1cc(Cl)cc(N(c2ccc3sccc3c2)S(C)(=O)=O)c1. The summed E-state index contributed by atoms with van der Waals surface area (Å²) in [5.74, 6) is 0. The molecule has 0 spiro atoms. The minimum absolute atomic E-state index is 0.374. The first-order valence-electron chi connectivity index (χ1n) is 9.60. The second-order valence-electron chi connectivity index (χ2n) is 8.00. The van der Waals surface area contributed by atoms with Gasteiger partial charge in [-0.05, 0) is 76.5 Å².